The van der Waals surface area contributed by atoms with Crippen LogP contribution in [0.5, 0.6) is 0 Å². The number of sulfonamides is 1. The first-order valence-corrected chi connectivity index (χ1v) is 13.7. The third-order valence-corrected chi connectivity index (χ3v) is 8.11. The van der Waals surface area contributed by atoms with Gasteiger partial charge in [0.1, 0.15) is 5.69 Å². The number of nitrogens with zero attached hydrogens (tertiary/aromatic N) is 2. The van der Waals surface area contributed by atoms with Gasteiger partial charge in [0.05, 0.1) is 11.0 Å². The number of fused-ring (bicyclic) bond motifs is 1. The Morgan fingerprint density at radius 2 is 1.86 bits per heavy atom. The van der Waals surface area contributed by atoms with Crippen LogP contribution in [-0.4, -0.2) is 37.9 Å². The Morgan fingerprint density at radius 1 is 1.03 bits per heavy atom. The van der Waals surface area contributed by atoms with Crippen molar-refractivity contribution in [2.45, 2.75) is 30.8 Å². The first-order chi connectivity index (χ1) is 16.9. The predicted molar refractivity (Wildman–Crippen MR) is 141 cm³/mol. The van der Waals surface area contributed by atoms with Crippen molar-refractivity contribution in [2.24, 2.45) is 0 Å². The second kappa shape index (κ2) is 10.0. The highest BCUT2D eigenvalue weighted by Crippen LogP contribution is 2.33. The zero-order valence-corrected chi connectivity index (χ0v) is 21.6. The molecule has 180 valence electrons. The fourth-order valence-electron chi connectivity index (χ4n) is 4.24. The highest BCUT2D eigenvalue weighted by Gasteiger charge is 2.23. The number of rotatable bonds is 7. The van der Waals surface area contributed by atoms with Gasteiger partial charge in [-0.3, -0.25) is 0 Å². The molecule has 4 aromatic rings. The third kappa shape index (κ3) is 5.23. The van der Waals surface area contributed by atoms with Crippen LogP contribution >= 0.6 is 15.9 Å². The summed E-state index contributed by atoms with van der Waals surface area (Å²) in [6.07, 6.45) is 1.75. The minimum Gasteiger partial charge on any atom is -0.377 e. The molecule has 5 rings (SSSR count). The quantitative estimate of drug-likeness (QED) is 0.311. The first-order valence-electron chi connectivity index (χ1n) is 11.4. The molecule has 2 N–H and O–H groups in total. The molecule has 1 fully saturated rings. The zero-order valence-electron chi connectivity index (χ0n) is 19.2. The van der Waals surface area contributed by atoms with E-state index in [0.717, 1.165) is 33.8 Å². The minimum atomic E-state index is -3.71. The summed E-state index contributed by atoms with van der Waals surface area (Å²) in [5.74, 6) is 0.626. The molecule has 1 aliphatic heterocycles. The Morgan fingerprint density at radius 3 is 2.63 bits per heavy atom. The summed E-state index contributed by atoms with van der Waals surface area (Å²) in [7, 11) is -3.71. The molecule has 0 saturated carbocycles. The van der Waals surface area contributed by atoms with Crippen LogP contribution in [0, 0.1) is 6.92 Å². The Balaban J connectivity index is 1.51. The molecule has 0 unspecified atom stereocenters. The highest BCUT2D eigenvalue weighted by molar-refractivity contribution is 9.10. The van der Waals surface area contributed by atoms with Crippen LogP contribution < -0.4 is 10.0 Å². The van der Waals surface area contributed by atoms with Crippen molar-refractivity contribution in [3.63, 3.8) is 0 Å². The van der Waals surface area contributed by atoms with Crippen LogP contribution in [-0.2, 0) is 14.8 Å². The highest BCUT2D eigenvalue weighted by atomic mass is 79.9. The van der Waals surface area contributed by atoms with Gasteiger partial charge in [-0.25, -0.2) is 13.1 Å². The standard InChI is InChI=1S/C26H25BrN4O3S/c1-17-11-12-18(14-24(17)35(32,33)28-16-21-8-5-13-34-21)25-22-9-2-3-10-23(22)26(31-30-25)29-20-7-4-6-19(27)15-20/h2-4,6-7,9-12,14-15,21,28H,5,8,13,16H2,1H3,(H,29,31)/t21-/m0/s1. The van der Waals surface area contributed by atoms with Gasteiger partial charge in [-0.05, 0) is 49.6 Å². The van der Waals surface area contributed by atoms with Crippen LogP contribution in [0.1, 0.15) is 18.4 Å². The summed E-state index contributed by atoms with van der Waals surface area (Å²) < 4.78 is 35.5. The van der Waals surface area contributed by atoms with Crippen LogP contribution in [0.4, 0.5) is 11.5 Å². The van der Waals surface area contributed by atoms with E-state index in [2.05, 4.69) is 36.2 Å². The number of aromatic nitrogens is 2. The van der Waals surface area contributed by atoms with Crippen LogP contribution in [0.3, 0.4) is 0 Å². The number of hydrogen-bond acceptors (Lipinski definition) is 6. The maximum atomic E-state index is 13.1. The van der Waals surface area contributed by atoms with E-state index in [9.17, 15) is 8.42 Å². The number of benzene rings is 3. The Kier molecular flexibility index (Phi) is 6.84. The van der Waals surface area contributed by atoms with E-state index in [-0.39, 0.29) is 17.5 Å². The molecular formula is C26H25BrN4O3S. The SMILES string of the molecule is Cc1ccc(-c2nnc(Nc3cccc(Br)c3)c3ccccc23)cc1S(=O)(=O)NC[C@@H]1CCCO1. The molecule has 3 aromatic carbocycles. The molecule has 1 aliphatic rings. The number of nitrogens with one attached hydrogen (secondary N) is 2. The van der Waals surface area contributed by atoms with Gasteiger partial charge in [-0.2, -0.15) is 0 Å². The molecule has 0 amide bonds. The zero-order chi connectivity index (χ0) is 24.4. The Labute approximate surface area is 213 Å². The molecule has 7 nitrogen and oxygen atoms in total. The predicted octanol–water partition coefficient (Wildman–Crippen LogP) is 5.57. The van der Waals surface area contributed by atoms with Crippen molar-refractivity contribution in [1.29, 1.82) is 0 Å². The average Bonchev–Trinajstić information content (AvgIpc) is 3.37. The van der Waals surface area contributed by atoms with Gasteiger partial charge in [-0.15, -0.1) is 10.2 Å². The lowest BCUT2D eigenvalue weighted by atomic mass is 10.0. The Hall–Kier alpha value is -2.85. The van der Waals surface area contributed by atoms with Gasteiger partial charge >= 0.3 is 0 Å². The van der Waals surface area contributed by atoms with E-state index in [0.29, 0.717) is 29.2 Å². The number of ether oxygens (including phenoxy) is 1. The van der Waals surface area contributed by atoms with Gasteiger partial charge in [0.2, 0.25) is 10.0 Å². The lowest BCUT2D eigenvalue weighted by molar-refractivity contribution is 0.114. The normalized spacial score (nSPS) is 16.0. The first kappa shape index (κ1) is 23.9. The van der Waals surface area contributed by atoms with Crippen LogP contribution in [0.2, 0.25) is 0 Å². The van der Waals surface area contributed by atoms with Crippen molar-refractivity contribution in [2.75, 3.05) is 18.5 Å². The molecule has 9 heteroatoms. The van der Waals surface area contributed by atoms with E-state index in [4.69, 9.17) is 4.74 Å². The van der Waals surface area contributed by atoms with Gasteiger partial charge in [-0.1, -0.05) is 58.4 Å². The summed E-state index contributed by atoms with van der Waals surface area (Å²) in [4.78, 5) is 0.232. The van der Waals surface area contributed by atoms with Crippen LogP contribution in [0.15, 0.2) is 76.1 Å². The molecule has 0 bridgehead atoms. The van der Waals surface area contributed by atoms with E-state index in [1.807, 2.05) is 54.6 Å². The van der Waals surface area contributed by atoms with E-state index in [1.165, 1.54) is 0 Å². The van der Waals surface area contributed by atoms with E-state index >= 15 is 0 Å². The Bertz CT molecular complexity index is 1490. The van der Waals surface area contributed by atoms with E-state index < -0.39 is 10.0 Å². The van der Waals surface area contributed by atoms with Crippen molar-refractivity contribution >= 4 is 48.2 Å². The van der Waals surface area contributed by atoms with Crippen molar-refractivity contribution in [3.8, 4) is 11.3 Å². The molecular weight excluding hydrogens is 528 g/mol. The monoisotopic (exact) mass is 552 g/mol. The van der Waals surface area contributed by atoms with Gasteiger partial charge in [0.25, 0.3) is 0 Å². The summed E-state index contributed by atoms with van der Waals surface area (Å²) in [6.45, 7) is 2.74. The lowest BCUT2D eigenvalue weighted by Gasteiger charge is -2.15. The fraction of sp³-hybridized carbons (Fsp3) is 0.231. The van der Waals surface area contributed by atoms with Crippen molar-refractivity contribution in [1.82, 2.24) is 14.9 Å². The van der Waals surface area contributed by atoms with Gasteiger partial charge < -0.3 is 10.1 Å². The number of hydrogen-bond donors (Lipinski definition) is 2. The summed E-state index contributed by atoms with van der Waals surface area (Å²) in [6, 6.07) is 21.0. The fourth-order valence-corrected chi connectivity index (χ4v) is 5.97. The molecule has 1 atom stereocenters. The molecule has 2 heterocycles. The summed E-state index contributed by atoms with van der Waals surface area (Å²) in [5.41, 5.74) is 2.85. The molecule has 35 heavy (non-hydrogen) atoms. The second-order valence-electron chi connectivity index (χ2n) is 8.55. The van der Waals surface area contributed by atoms with Gasteiger partial charge in [0.15, 0.2) is 5.82 Å². The van der Waals surface area contributed by atoms with Gasteiger partial charge in [0, 0.05) is 39.6 Å². The number of aryl methyl sites for hydroxylation is 1. The average molecular weight is 553 g/mol. The molecule has 1 saturated heterocycles. The third-order valence-electron chi connectivity index (χ3n) is 6.05. The topological polar surface area (TPSA) is 93.2 Å². The van der Waals surface area contributed by atoms with Crippen molar-refractivity contribution in [3.05, 3.63) is 76.8 Å². The van der Waals surface area contributed by atoms with E-state index in [1.54, 1.807) is 19.1 Å². The molecule has 1 aromatic heterocycles. The molecule has 0 spiro atoms. The minimum absolute atomic E-state index is 0.0756. The smallest absolute Gasteiger partial charge is 0.240 e. The molecule has 0 aliphatic carbocycles. The largest absolute Gasteiger partial charge is 0.377 e. The summed E-state index contributed by atoms with van der Waals surface area (Å²) >= 11 is 3.49. The number of halogens is 1. The summed E-state index contributed by atoms with van der Waals surface area (Å²) in [5, 5.41) is 14.0. The maximum Gasteiger partial charge on any atom is 0.240 e. The maximum absolute atomic E-state index is 13.1. The van der Waals surface area contributed by atoms with Crippen LogP contribution in [0.25, 0.3) is 22.0 Å². The number of anilines is 2. The second-order valence-corrected chi connectivity index (χ2v) is 11.2. The van der Waals surface area contributed by atoms with Crippen molar-refractivity contribution < 1.29 is 13.2 Å². The molecule has 0 radical (unpaired) electrons. The lowest BCUT2D eigenvalue weighted by Crippen LogP contribution is -2.32.